The molecule has 0 radical (unpaired) electrons. The van der Waals surface area contributed by atoms with Gasteiger partial charge in [-0.25, -0.2) is 4.98 Å². The van der Waals surface area contributed by atoms with Gasteiger partial charge in [-0.2, -0.15) is 0 Å². The van der Waals surface area contributed by atoms with Gasteiger partial charge in [-0.3, -0.25) is 15.1 Å². The minimum Gasteiger partial charge on any atom is -0.355 e. The summed E-state index contributed by atoms with van der Waals surface area (Å²) >= 11 is 6.01. The Balaban J connectivity index is 1.42. The maximum Gasteiger partial charge on any atom is 0.257 e. The van der Waals surface area contributed by atoms with Gasteiger partial charge >= 0.3 is 0 Å². The highest BCUT2D eigenvalue weighted by atomic mass is 35.5. The third-order valence-corrected chi connectivity index (χ3v) is 5.83. The Labute approximate surface area is 185 Å². The van der Waals surface area contributed by atoms with E-state index in [0.717, 1.165) is 47.7 Å². The van der Waals surface area contributed by atoms with Crippen LogP contribution >= 0.6 is 11.6 Å². The molecule has 3 aromatic rings. The van der Waals surface area contributed by atoms with Crippen LogP contribution in [0.4, 0.5) is 11.4 Å². The summed E-state index contributed by atoms with van der Waals surface area (Å²) in [4.78, 5) is 24.3. The molecule has 4 N–H and O–H groups in total. The van der Waals surface area contributed by atoms with E-state index >= 15 is 0 Å². The maximum absolute atomic E-state index is 12.6. The standard InChI is InChI=1S/C23H23ClN6O/c1-13-16(21-27-12-20(24)29-21)3-2-4-18(13)28-19-8-7-15(11-17(19)14-5-6-14)22(31)30-23-25-9-10-26-23/h2-4,7-8,11-12,14,28H,5-6,9-10H2,1H3,(H,27,29)(H2,25,26,30,31). The van der Waals surface area contributed by atoms with E-state index in [1.165, 1.54) is 5.56 Å². The second-order valence-electron chi connectivity index (χ2n) is 7.87. The molecule has 1 aromatic heterocycles. The summed E-state index contributed by atoms with van der Waals surface area (Å²) in [7, 11) is 0. The van der Waals surface area contributed by atoms with Crippen molar-refractivity contribution in [3.05, 3.63) is 64.4 Å². The van der Waals surface area contributed by atoms with Gasteiger partial charge in [0.05, 0.1) is 12.7 Å². The lowest BCUT2D eigenvalue weighted by molar-refractivity contribution is 0.0976. The topological polar surface area (TPSA) is 94.2 Å². The van der Waals surface area contributed by atoms with Crippen LogP contribution in [0.1, 0.15) is 40.2 Å². The van der Waals surface area contributed by atoms with Gasteiger partial charge in [0.15, 0.2) is 5.96 Å². The summed E-state index contributed by atoms with van der Waals surface area (Å²) in [5.41, 5.74) is 5.88. The van der Waals surface area contributed by atoms with E-state index in [9.17, 15) is 4.79 Å². The molecule has 158 valence electrons. The van der Waals surface area contributed by atoms with Gasteiger partial charge in [0.25, 0.3) is 5.91 Å². The zero-order valence-corrected chi connectivity index (χ0v) is 17.9. The first-order valence-electron chi connectivity index (χ1n) is 10.4. The number of carbonyl (C=O) groups excluding carboxylic acids is 1. The largest absolute Gasteiger partial charge is 0.355 e. The number of aromatic nitrogens is 2. The van der Waals surface area contributed by atoms with Gasteiger partial charge in [-0.1, -0.05) is 23.7 Å². The molecule has 0 atom stereocenters. The summed E-state index contributed by atoms with van der Waals surface area (Å²) in [6.45, 7) is 3.50. The number of hydrogen-bond donors (Lipinski definition) is 4. The molecule has 0 bridgehead atoms. The molecule has 0 unspecified atom stereocenters. The molecule has 31 heavy (non-hydrogen) atoms. The predicted octanol–water partition coefficient (Wildman–Crippen LogP) is 4.35. The smallest absolute Gasteiger partial charge is 0.257 e. The van der Waals surface area contributed by atoms with E-state index in [-0.39, 0.29) is 5.91 Å². The molecule has 1 saturated carbocycles. The number of rotatable bonds is 5. The van der Waals surface area contributed by atoms with Crippen molar-refractivity contribution in [2.75, 3.05) is 18.4 Å². The maximum atomic E-state index is 12.6. The Kier molecular flexibility index (Phi) is 5.11. The average Bonchev–Trinajstić information content (AvgIpc) is 3.32. The molecule has 2 aliphatic rings. The summed E-state index contributed by atoms with van der Waals surface area (Å²) in [6, 6.07) is 11.9. The summed E-state index contributed by atoms with van der Waals surface area (Å²) in [5.74, 6) is 1.62. The number of nitrogens with zero attached hydrogens (tertiary/aromatic N) is 2. The van der Waals surface area contributed by atoms with Crippen molar-refractivity contribution in [2.24, 2.45) is 4.99 Å². The molecule has 5 rings (SSSR count). The number of nitrogens with one attached hydrogen (secondary N) is 4. The lowest BCUT2D eigenvalue weighted by Gasteiger charge is -2.16. The van der Waals surface area contributed by atoms with Crippen LogP contribution in [-0.4, -0.2) is 34.9 Å². The van der Waals surface area contributed by atoms with E-state index in [0.29, 0.717) is 29.1 Å². The molecule has 7 nitrogen and oxygen atoms in total. The number of halogens is 1. The number of guanidine groups is 1. The molecule has 0 saturated heterocycles. The van der Waals surface area contributed by atoms with Gasteiger partial charge in [-0.15, -0.1) is 0 Å². The molecule has 8 heteroatoms. The normalized spacial score (nSPS) is 15.4. The van der Waals surface area contributed by atoms with E-state index in [1.54, 1.807) is 6.20 Å². The van der Waals surface area contributed by atoms with Gasteiger partial charge in [-0.05, 0) is 61.1 Å². The Morgan fingerprint density at radius 3 is 2.77 bits per heavy atom. The molecule has 2 aromatic carbocycles. The minimum atomic E-state index is -0.144. The number of anilines is 2. The van der Waals surface area contributed by atoms with Crippen LogP contribution in [0.5, 0.6) is 0 Å². The van der Waals surface area contributed by atoms with Crippen molar-refractivity contribution in [2.45, 2.75) is 25.7 Å². The number of hydrogen-bond acceptors (Lipinski definition) is 5. The lowest BCUT2D eigenvalue weighted by Crippen LogP contribution is -2.38. The van der Waals surface area contributed by atoms with Crippen molar-refractivity contribution in [3.63, 3.8) is 0 Å². The Bertz CT molecular complexity index is 1180. The first-order chi connectivity index (χ1) is 15.1. The number of carbonyl (C=O) groups is 1. The monoisotopic (exact) mass is 434 g/mol. The van der Waals surface area contributed by atoms with Crippen molar-refractivity contribution < 1.29 is 4.79 Å². The Morgan fingerprint density at radius 1 is 1.19 bits per heavy atom. The minimum absolute atomic E-state index is 0.144. The second-order valence-corrected chi connectivity index (χ2v) is 8.28. The zero-order valence-electron chi connectivity index (χ0n) is 17.1. The number of benzene rings is 2. The quantitative estimate of drug-likeness (QED) is 0.480. The van der Waals surface area contributed by atoms with Crippen molar-refractivity contribution in [1.82, 2.24) is 20.6 Å². The van der Waals surface area contributed by atoms with Crippen LogP contribution in [0.15, 0.2) is 47.6 Å². The fraction of sp³-hybridized carbons (Fsp3) is 0.261. The molecule has 1 amide bonds. The van der Waals surface area contributed by atoms with E-state index in [1.807, 2.05) is 36.4 Å². The molecular weight excluding hydrogens is 412 g/mol. The van der Waals surface area contributed by atoms with Crippen molar-refractivity contribution in [1.29, 1.82) is 0 Å². The van der Waals surface area contributed by atoms with Gasteiger partial charge in [0.2, 0.25) is 0 Å². The molecule has 1 aliphatic carbocycles. The highest BCUT2D eigenvalue weighted by Gasteiger charge is 2.27. The van der Waals surface area contributed by atoms with Crippen LogP contribution in [0.2, 0.25) is 5.15 Å². The predicted molar refractivity (Wildman–Crippen MR) is 123 cm³/mol. The summed E-state index contributed by atoms with van der Waals surface area (Å²) < 4.78 is 0. The Hall–Kier alpha value is -3.32. The number of imidazole rings is 1. The van der Waals surface area contributed by atoms with E-state index < -0.39 is 0 Å². The third kappa shape index (κ3) is 4.14. The second kappa shape index (κ2) is 8.07. The van der Waals surface area contributed by atoms with Crippen LogP contribution in [0.3, 0.4) is 0 Å². The SMILES string of the molecule is Cc1c(Nc2ccc(C(=O)NC3=NCCN3)cc2C2CC2)cccc1-c1ncc(Cl)[nH]1. The molecular formula is C23H23ClN6O. The first kappa shape index (κ1) is 19.6. The highest BCUT2D eigenvalue weighted by molar-refractivity contribution is 6.29. The van der Waals surface area contributed by atoms with Gasteiger partial charge < -0.3 is 15.6 Å². The molecule has 1 fully saturated rings. The number of aliphatic imine (C=N–C) groups is 1. The molecule has 1 aliphatic heterocycles. The lowest BCUT2D eigenvalue weighted by atomic mass is 10.0. The highest BCUT2D eigenvalue weighted by Crippen LogP contribution is 2.44. The van der Waals surface area contributed by atoms with Gasteiger partial charge in [0, 0.05) is 29.0 Å². The van der Waals surface area contributed by atoms with Crippen LogP contribution in [0.25, 0.3) is 11.4 Å². The van der Waals surface area contributed by atoms with Crippen LogP contribution < -0.4 is 16.0 Å². The van der Waals surface area contributed by atoms with Crippen molar-refractivity contribution in [3.8, 4) is 11.4 Å². The van der Waals surface area contributed by atoms with E-state index in [4.69, 9.17) is 11.6 Å². The average molecular weight is 435 g/mol. The van der Waals surface area contributed by atoms with Crippen LogP contribution in [0, 0.1) is 6.92 Å². The van der Waals surface area contributed by atoms with Gasteiger partial charge in [0.1, 0.15) is 11.0 Å². The number of H-pyrrole nitrogens is 1. The molecule has 2 heterocycles. The third-order valence-electron chi connectivity index (χ3n) is 5.64. The fourth-order valence-electron chi connectivity index (χ4n) is 3.82. The zero-order chi connectivity index (χ0) is 21.4. The Morgan fingerprint density at radius 2 is 2.06 bits per heavy atom. The fourth-order valence-corrected chi connectivity index (χ4v) is 3.96. The number of amides is 1. The van der Waals surface area contributed by atoms with E-state index in [2.05, 4.69) is 37.8 Å². The van der Waals surface area contributed by atoms with Crippen LogP contribution in [-0.2, 0) is 0 Å². The summed E-state index contributed by atoms with van der Waals surface area (Å²) in [6.07, 6.45) is 3.88. The van der Waals surface area contributed by atoms with Crippen molar-refractivity contribution >= 4 is 34.8 Å². The summed E-state index contributed by atoms with van der Waals surface area (Å²) in [5, 5.41) is 10.00. The first-order valence-corrected chi connectivity index (χ1v) is 10.8. The molecule has 0 spiro atoms. The number of aromatic amines is 1.